The molecule has 0 aliphatic carbocycles. The van der Waals surface area contributed by atoms with Crippen LogP contribution in [0.4, 0.5) is 5.13 Å². The predicted molar refractivity (Wildman–Crippen MR) is 258 cm³/mol. The van der Waals surface area contributed by atoms with Gasteiger partial charge in [0.25, 0.3) is 0 Å². The monoisotopic (exact) mass is 985 g/mol. The zero-order valence-electron chi connectivity index (χ0n) is 41.9. The molecule has 67 heavy (non-hydrogen) atoms. The Morgan fingerprint density at radius 1 is 1.00 bits per heavy atom. The molecule has 3 fully saturated rings. The van der Waals surface area contributed by atoms with E-state index in [0.29, 0.717) is 37.5 Å². The SMILES string of the molecule is CC[C@H]1OC(=O)[C@H](C)[C@@H](O[C@H]2C[C@@](C)(OC)[C@@H](O)[C@H](C)O2)[C@H](C)[C@@H](O[C@@H]2O[C@H](C)C[C@H](N(C)CCc3csc(NCc4ccc(Cl)cc4)n3)[C@H]2O)[C@](C)(O)C[C@@H](C)CN(C)[C@H](C)[C@@H](O)[C@]1(C)O. The minimum atomic E-state index is -1.83. The molecule has 2 aromatic rings. The van der Waals surface area contributed by atoms with Gasteiger partial charge in [-0.1, -0.05) is 44.5 Å². The lowest BCUT2D eigenvalue weighted by atomic mass is 9.77. The van der Waals surface area contributed by atoms with E-state index in [4.69, 9.17) is 45.0 Å². The molecule has 0 radical (unpaired) electrons. The van der Waals surface area contributed by atoms with Crippen LogP contribution in [0.5, 0.6) is 0 Å². The highest BCUT2D eigenvalue weighted by Crippen LogP contribution is 2.40. The number of hydrogen-bond acceptors (Lipinski definition) is 17. The molecule has 6 N–H and O–H groups in total. The molecule has 18 atom stereocenters. The summed E-state index contributed by atoms with van der Waals surface area (Å²) in [5.41, 5.74) is -2.48. The summed E-state index contributed by atoms with van der Waals surface area (Å²) >= 11 is 7.59. The second kappa shape index (κ2) is 23.4. The number of nitrogens with zero attached hydrogens (tertiary/aromatic N) is 3. The molecule has 3 aliphatic heterocycles. The fraction of sp³-hybridized carbons (Fsp3) is 0.796. The van der Waals surface area contributed by atoms with Crippen LogP contribution in [-0.2, 0) is 46.2 Å². The Bertz CT molecular complexity index is 1860. The number of esters is 1. The summed E-state index contributed by atoms with van der Waals surface area (Å²) in [4.78, 5) is 23.3. The lowest BCUT2D eigenvalue weighted by molar-refractivity contribution is -0.318. The van der Waals surface area contributed by atoms with E-state index < -0.39 is 96.0 Å². The van der Waals surface area contributed by atoms with Crippen molar-refractivity contribution in [2.24, 2.45) is 17.8 Å². The molecule has 4 heterocycles. The van der Waals surface area contributed by atoms with E-state index >= 15 is 0 Å². The van der Waals surface area contributed by atoms with Gasteiger partial charge in [0, 0.05) is 68.0 Å². The third-order valence-electron chi connectivity index (χ3n) is 14.7. The summed E-state index contributed by atoms with van der Waals surface area (Å²) in [5.74, 6) is -2.73. The van der Waals surface area contributed by atoms with Crippen LogP contribution >= 0.6 is 22.9 Å². The van der Waals surface area contributed by atoms with E-state index in [1.165, 1.54) is 25.4 Å². The van der Waals surface area contributed by atoms with Crippen LogP contribution in [-0.4, -0.2) is 171 Å². The Morgan fingerprint density at radius 3 is 2.31 bits per heavy atom. The van der Waals surface area contributed by atoms with E-state index in [1.54, 1.807) is 41.5 Å². The van der Waals surface area contributed by atoms with E-state index in [-0.39, 0.29) is 37.3 Å². The number of ether oxygens (including phenoxy) is 6. The highest BCUT2D eigenvalue weighted by molar-refractivity contribution is 7.13. The highest BCUT2D eigenvalue weighted by atomic mass is 35.5. The van der Waals surface area contributed by atoms with E-state index in [0.717, 1.165) is 16.4 Å². The third kappa shape index (κ3) is 13.7. The number of aliphatic hydroxyl groups is 5. The van der Waals surface area contributed by atoms with Crippen molar-refractivity contribution in [3.8, 4) is 0 Å². The van der Waals surface area contributed by atoms with Crippen LogP contribution in [0.2, 0.25) is 5.02 Å². The fourth-order valence-corrected chi connectivity index (χ4v) is 11.3. The number of halogens is 1. The van der Waals surface area contributed by atoms with Crippen LogP contribution in [0.1, 0.15) is 106 Å². The van der Waals surface area contributed by atoms with Gasteiger partial charge < -0.3 is 69.1 Å². The summed E-state index contributed by atoms with van der Waals surface area (Å²) < 4.78 is 38.3. The first-order valence-electron chi connectivity index (χ1n) is 24.0. The molecule has 0 bridgehead atoms. The number of carbonyl (C=O) groups excluding carboxylic acids is 1. The van der Waals surface area contributed by atoms with Crippen molar-refractivity contribution in [2.45, 2.75) is 198 Å². The number of aromatic nitrogens is 1. The number of methoxy groups -OCH3 is 1. The highest BCUT2D eigenvalue weighted by Gasteiger charge is 2.53. The number of thiazole rings is 1. The number of likely N-dealkylation sites (N-methyl/N-ethyl adjacent to an activating group) is 2. The number of anilines is 1. The molecular formula is C49H81ClN4O12S. The maximum atomic E-state index is 14.5. The van der Waals surface area contributed by atoms with Gasteiger partial charge in [0.15, 0.2) is 17.7 Å². The van der Waals surface area contributed by atoms with Gasteiger partial charge in [0.2, 0.25) is 0 Å². The van der Waals surface area contributed by atoms with Gasteiger partial charge in [-0.2, -0.15) is 0 Å². The Kier molecular flexibility index (Phi) is 19.5. The predicted octanol–water partition coefficient (Wildman–Crippen LogP) is 5.24. The Hall–Kier alpha value is -2.07. The molecule has 5 rings (SSSR count). The number of rotatable bonds is 13. The molecular weight excluding hydrogens is 904 g/mol. The molecule has 3 aliphatic rings. The second-order valence-corrected chi connectivity index (χ2v) is 21.9. The molecule has 0 amide bonds. The third-order valence-corrected chi connectivity index (χ3v) is 15.8. The number of nitrogens with one attached hydrogen (secondary N) is 1. The van der Waals surface area contributed by atoms with Crippen LogP contribution < -0.4 is 5.32 Å². The quantitative estimate of drug-likeness (QED) is 0.142. The van der Waals surface area contributed by atoms with Gasteiger partial charge in [-0.3, -0.25) is 4.79 Å². The number of hydrogen-bond donors (Lipinski definition) is 6. The minimum absolute atomic E-state index is 0.111. The van der Waals surface area contributed by atoms with Gasteiger partial charge in [0.05, 0.1) is 47.2 Å². The van der Waals surface area contributed by atoms with Crippen molar-refractivity contribution in [3.63, 3.8) is 0 Å². The molecule has 0 saturated carbocycles. The van der Waals surface area contributed by atoms with Crippen LogP contribution in [0.3, 0.4) is 0 Å². The van der Waals surface area contributed by atoms with Gasteiger partial charge in [-0.15, -0.1) is 11.3 Å². The first-order chi connectivity index (χ1) is 31.3. The zero-order chi connectivity index (χ0) is 49.8. The molecule has 16 nitrogen and oxygen atoms in total. The largest absolute Gasteiger partial charge is 0.459 e. The second-order valence-electron chi connectivity index (χ2n) is 20.6. The number of carbonyl (C=O) groups is 1. The van der Waals surface area contributed by atoms with Crippen LogP contribution in [0.25, 0.3) is 0 Å². The van der Waals surface area contributed by atoms with Crippen molar-refractivity contribution in [1.82, 2.24) is 14.8 Å². The Labute approximate surface area is 407 Å². The number of benzene rings is 1. The van der Waals surface area contributed by atoms with Crippen molar-refractivity contribution >= 4 is 34.0 Å². The van der Waals surface area contributed by atoms with Crippen molar-refractivity contribution in [3.05, 3.63) is 45.9 Å². The van der Waals surface area contributed by atoms with Gasteiger partial charge in [0.1, 0.15) is 30.0 Å². The van der Waals surface area contributed by atoms with Crippen molar-refractivity contribution in [2.75, 3.05) is 39.6 Å². The van der Waals surface area contributed by atoms with Gasteiger partial charge in [-0.05, 0) is 105 Å². The molecule has 3 saturated heterocycles. The van der Waals surface area contributed by atoms with Crippen molar-refractivity contribution < 1.29 is 58.7 Å². The molecule has 0 spiro atoms. The minimum Gasteiger partial charge on any atom is -0.459 e. The van der Waals surface area contributed by atoms with Gasteiger partial charge >= 0.3 is 5.97 Å². The standard InChI is InChI=1S/C49H81ClN4O12S/c1-14-37-49(10,60)41(56)31(6)54(12)25-27(2)22-47(8,59)43(29(4)40(30(5)44(58)64-37)65-38-23-48(9,61-13)42(57)32(7)63-38)66-45-39(55)36(21-28(3)62-45)53(11)20-19-35-26-67-46(52-35)51-24-33-15-17-34(50)18-16-33/h15-18,26-32,36-43,45,55-57,59-60H,14,19-25H2,1-13H3,(H,51,52)/t27-,28-,29+,30-,31-,32+,36+,37-,38+,39-,40+,41-,42+,43-,45+,47-,48-,49-/m1/s1. The summed E-state index contributed by atoms with van der Waals surface area (Å²) in [7, 11) is 5.31. The van der Waals surface area contributed by atoms with E-state index in [1.807, 2.05) is 69.4 Å². The lowest BCUT2D eigenvalue weighted by Gasteiger charge is -2.49. The van der Waals surface area contributed by atoms with Crippen LogP contribution in [0.15, 0.2) is 29.6 Å². The smallest absolute Gasteiger partial charge is 0.311 e. The summed E-state index contributed by atoms with van der Waals surface area (Å²) in [6.45, 7) is 19.3. The number of cyclic esters (lactones) is 1. The average Bonchev–Trinajstić information content (AvgIpc) is 3.74. The van der Waals surface area contributed by atoms with E-state index in [9.17, 15) is 30.3 Å². The first kappa shape index (κ1) is 55.9. The topological polar surface area (TPSA) is 205 Å². The molecule has 0 unspecified atom stereocenters. The lowest BCUT2D eigenvalue weighted by Crippen LogP contribution is -2.61. The van der Waals surface area contributed by atoms with Crippen molar-refractivity contribution in [1.29, 1.82) is 0 Å². The molecule has 18 heteroatoms. The molecule has 1 aromatic heterocycles. The molecule has 1 aromatic carbocycles. The van der Waals surface area contributed by atoms with Crippen LogP contribution in [0, 0.1) is 17.8 Å². The maximum Gasteiger partial charge on any atom is 0.311 e. The zero-order valence-corrected chi connectivity index (χ0v) is 43.5. The van der Waals surface area contributed by atoms with E-state index in [2.05, 4.69) is 10.2 Å². The summed E-state index contributed by atoms with van der Waals surface area (Å²) in [6, 6.07) is 6.73. The fourth-order valence-electron chi connectivity index (χ4n) is 10.4. The average molecular weight is 986 g/mol. The summed E-state index contributed by atoms with van der Waals surface area (Å²) in [6.07, 6.45) is -8.18. The maximum absolute atomic E-state index is 14.5. The normalized spacial score (nSPS) is 41.1. The first-order valence-corrected chi connectivity index (χ1v) is 25.3. The Morgan fingerprint density at radius 2 is 1.67 bits per heavy atom. The molecule has 382 valence electrons. The summed E-state index contributed by atoms with van der Waals surface area (Å²) in [5, 5.41) is 66.5. The number of aliphatic hydroxyl groups excluding tert-OH is 3. The van der Waals surface area contributed by atoms with Gasteiger partial charge in [-0.25, -0.2) is 4.98 Å². The Balaban J connectivity index is 1.44.